The molecule has 0 radical (unpaired) electrons. The monoisotopic (exact) mass is 403 g/mol. The predicted molar refractivity (Wildman–Crippen MR) is 118 cm³/mol. The molecule has 156 valence electrons. The number of aromatic nitrogens is 3. The number of amides is 1. The molecule has 30 heavy (non-hydrogen) atoms. The molecular formula is C24H29N5O. The fourth-order valence-corrected chi connectivity index (χ4v) is 4.94. The molecule has 2 aliphatic rings. The first-order valence-electron chi connectivity index (χ1n) is 11.1. The molecule has 2 aliphatic heterocycles. The SMILES string of the molecule is Cc1ccc(N2CCC(C(=O)N3CCCC3Cn3cnc4ccccc43)CC2)nc1. The summed E-state index contributed by atoms with van der Waals surface area (Å²) in [5.74, 6) is 1.50. The highest BCUT2D eigenvalue weighted by molar-refractivity contribution is 5.80. The minimum Gasteiger partial charge on any atom is -0.357 e. The summed E-state index contributed by atoms with van der Waals surface area (Å²) in [5, 5.41) is 0. The number of carbonyl (C=O) groups is 1. The van der Waals surface area contributed by atoms with Gasteiger partial charge in [-0.05, 0) is 56.4 Å². The molecule has 6 nitrogen and oxygen atoms in total. The summed E-state index contributed by atoms with van der Waals surface area (Å²) in [7, 11) is 0. The van der Waals surface area contributed by atoms with Crippen LogP contribution in [0, 0.1) is 12.8 Å². The van der Waals surface area contributed by atoms with E-state index in [1.165, 1.54) is 5.56 Å². The second-order valence-corrected chi connectivity index (χ2v) is 8.67. The number of hydrogen-bond donors (Lipinski definition) is 0. The lowest BCUT2D eigenvalue weighted by Gasteiger charge is -2.35. The summed E-state index contributed by atoms with van der Waals surface area (Å²) in [6.45, 7) is 5.57. The lowest BCUT2D eigenvalue weighted by Crippen LogP contribution is -2.45. The summed E-state index contributed by atoms with van der Waals surface area (Å²) in [6.07, 6.45) is 7.82. The van der Waals surface area contributed by atoms with Crippen molar-refractivity contribution in [1.82, 2.24) is 19.4 Å². The molecule has 2 aromatic heterocycles. The molecule has 4 heterocycles. The summed E-state index contributed by atoms with van der Waals surface area (Å²) < 4.78 is 2.21. The average Bonchev–Trinajstić information content (AvgIpc) is 3.42. The number of hydrogen-bond acceptors (Lipinski definition) is 4. The molecule has 0 spiro atoms. The molecule has 5 rings (SSSR count). The van der Waals surface area contributed by atoms with E-state index in [4.69, 9.17) is 0 Å². The van der Waals surface area contributed by atoms with E-state index in [1.807, 2.05) is 24.7 Å². The Hall–Kier alpha value is -2.89. The normalized spacial score (nSPS) is 20.2. The standard InChI is InChI=1S/C24H29N5O/c1-18-8-9-23(25-15-18)27-13-10-19(11-14-27)24(30)29-12-4-5-20(29)16-28-17-26-21-6-2-3-7-22(21)28/h2-3,6-9,15,17,19-20H,4-5,10-14,16H2,1H3. The van der Waals surface area contributed by atoms with Crippen LogP contribution in [0.4, 0.5) is 5.82 Å². The van der Waals surface area contributed by atoms with Crippen LogP contribution in [0.3, 0.4) is 0 Å². The molecule has 0 N–H and O–H groups in total. The lowest BCUT2D eigenvalue weighted by atomic mass is 9.95. The van der Waals surface area contributed by atoms with E-state index >= 15 is 0 Å². The molecule has 3 aromatic rings. The van der Waals surface area contributed by atoms with Crippen molar-refractivity contribution >= 4 is 22.8 Å². The Morgan fingerprint density at radius 2 is 1.87 bits per heavy atom. The second kappa shape index (κ2) is 8.09. The minimum atomic E-state index is 0.131. The van der Waals surface area contributed by atoms with E-state index in [-0.39, 0.29) is 12.0 Å². The first-order valence-corrected chi connectivity index (χ1v) is 11.1. The summed E-state index contributed by atoms with van der Waals surface area (Å²) in [6, 6.07) is 12.7. The van der Waals surface area contributed by atoms with Crippen LogP contribution in [0.25, 0.3) is 11.0 Å². The number of likely N-dealkylation sites (tertiary alicyclic amines) is 1. The Kier molecular flexibility index (Phi) is 5.15. The highest BCUT2D eigenvalue weighted by Gasteiger charge is 2.35. The van der Waals surface area contributed by atoms with E-state index in [2.05, 4.69) is 55.5 Å². The van der Waals surface area contributed by atoms with Gasteiger partial charge < -0.3 is 14.4 Å². The third-order valence-electron chi connectivity index (χ3n) is 6.66. The second-order valence-electron chi connectivity index (χ2n) is 8.67. The molecule has 6 heteroatoms. The molecule has 1 amide bonds. The number of piperidine rings is 1. The highest BCUT2D eigenvalue weighted by atomic mass is 16.2. The summed E-state index contributed by atoms with van der Waals surface area (Å²) in [4.78, 5) is 26.9. The van der Waals surface area contributed by atoms with Crippen LogP contribution in [0.1, 0.15) is 31.2 Å². The van der Waals surface area contributed by atoms with Crippen LogP contribution in [0.5, 0.6) is 0 Å². The summed E-state index contributed by atoms with van der Waals surface area (Å²) >= 11 is 0. The number of pyridine rings is 1. The van der Waals surface area contributed by atoms with Crippen molar-refractivity contribution in [2.45, 2.75) is 45.2 Å². The number of rotatable bonds is 4. The molecular weight excluding hydrogens is 374 g/mol. The quantitative estimate of drug-likeness (QED) is 0.667. The Morgan fingerprint density at radius 1 is 1.03 bits per heavy atom. The van der Waals surface area contributed by atoms with Crippen molar-refractivity contribution in [3.8, 4) is 0 Å². The molecule has 2 saturated heterocycles. The number of fused-ring (bicyclic) bond motifs is 1. The van der Waals surface area contributed by atoms with Gasteiger partial charge in [-0.25, -0.2) is 9.97 Å². The Balaban J connectivity index is 1.23. The maximum Gasteiger partial charge on any atom is 0.226 e. The number of aryl methyl sites for hydroxylation is 1. The molecule has 1 aromatic carbocycles. The fourth-order valence-electron chi connectivity index (χ4n) is 4.94. The smallest absolute Gasteiger partial charge is 0.226 e. The first-order chi connectivity index (χ1) is 14.7. The van der Waals surface area contributed by atoms with Crippen LogP contribution >= 0.6 is 0 Å². The Labute approximate surface area is 177 Å². The number of para-hydroxylation sites is 2. The van der Waals surface area contributed by atoms with Gasteiger partial charge in [-0.3, -0.25) is 4.79 Å². The lowest BCUT2D eigenvalue weighted by molar-refractivity contribution is -0.137. The third kappa shape index (κ3) is 3.66. The van der Waals surface area contributed by atoms with E-state index in [0.717, 1.165) is 68.7 Å². The Bertz CT molecular complexity index is 1020. The van der Waals surface area contributed by atoms with Gasteiger partial charge in [-0.1, -0.05) is 18.2 Å². The van der Waals surface area contributed by atoms with Gasteiger partial charge in [0.1, 0.15) is 5.82 Å². The number of anilines is 1. The largest absolute Gasteiger partial charge is 0.357 e. The Morgan fingerprint density at radius 3 is 2.67 bits per heavy atom. The van der Waals surface area contributed by atoms with E-state index in [0.29, 0.717) is 5.91 Å². The number of imidazole rings is 1. The van der Waals surface area contributed by atoms with Gasteiger partial charge in [-0.2, -0.15) is 0 Å². The highest BCUT2D eigenvalue weighted by Crippen LogP contribution is 2.28. The molecule has 0 saturated carbocycles. The molecule has 0 aliphatic carbocycles. The van der Waals surface area contributed by atoms with Crippen LogP contribution in [0.15, 0.2) is 48.9 Å². The van der Waals surface area contributed by atoms with Crippen molar-refractivity contribution < 1.29 is 4.79 Å². The van der Waals surface area contributed by atoms with Crippen LogP contribution in [-0.2, 0) is 11.3 Å². The number of benzene rings is 1. The van der Waals surface area contributed by atoms with Crippen molar-refractivity contribution in [3.05, 3.63) is 54.5 Å². The maximum atomic E-state index is 13.4. The molecule has 0 bridgehead atoms. The zero-order valence-corrected chi connectivity index (χ0v) is 17.6. The first kappa shape index (κ1) is 19.1. The van der Waals surface area contributed by atoms with Gasteiger partial charge in [0.25, 0.3) is 0 Å². The molecule has 2 fully saturated rings. The zero-order chi connectivity index (χ0) is 20.5. The van der Waals surface area contributed by atoms with Crippen molar-refractivity contribution in [3.63, 3.8) is 0 Å². The molecule has 1 unspecified atom stereocenters. The van der Waals surface area contributed by atoms with Crippen molar-refractivity contribution in [1.29, 1.82) is 0 Å². The predicted octanol–water partition coefficient (Wildman–Crippen LogP) is 3.65. The number of carbonyl (C=O) groups excluding carboxylic acids is 1. The van der Waals surface area contributed by atoms with Crippen molar-refractivity contribution in [2.75, 3.05) is 24.5 Å². The van der Waals surface area contributed by atoms with E-state index < -0.39 is 0 Å². The topological polar surface area (TPSA) is 54.3 Å². The van der Waals surface area contributed by atoms with Crippen LogP contribution < -0.4 is 4.90 Å². The van der Waals surface area contributed by atoms with E-state index in [1.54, 1.807) is 0 Å². The van der Waals surface area contributed by atoms with Crippen LogP contribution in [-0.4, -0.2) is 51.0 Å². The minimum absolute atomic E-state index is 0.131. The van der Waals surface area contributed by atoms with Gasteiger partial charge in [0.2, 0.25) is 5.91 Å². The van der Waals surface area contributed by atoms with Gasteiger partial charge >= 0.3 is 0 Å². The van der Waals surface area contributed by atoms with Gasteiger partial charge in [0, 0.05) is 44.3 Å². The molecule has 1 atom stereocenters. The average molecular weight is 404 g/mol. The van der Waals surface area contributed by atoms with Crippen molar-refractivity contribution in [2.24, 2.45) is 5.92 Å². The van der Waals surface area contributed by atoms with E-state index in [9.17, 15) is 4.79 Å². The maximum absolute atomic E-state index is 13.4. The number of nitrogens with zero attached hydrogens (tertiary/aromatic N) is 5. The zero-order valence-electron chi connectivity index (χ0n) is 17.6. The van der Waals surface area contributed by atoms with Crippen LogP contribution in [0.2, 0.25) is 0 Å². The fraction of sp³-hybridized carbons (Fsp3) is 0.458. The van der Waals surface area contributed by atoms with Gasteiger partial charge in [0.15, 0.2) is 0 Å². The summed E-state index contributed by atoms with van der Waals surface area (Å²) in [5.41, 5.74) is 3.34. The van der Waals surface area contributed by atoms with Gasteiger partial charge in [-0.15, -0.1) is 0 Å². The van der Waals surface area contributed by atoms with Gasteiger partial charge in [0.05, 0.1) is 17.4 Å². The third-order valence-corrected chi connectivity index (χ3v) is 6.66.